The van der Waals surface area contributed by atoms with Crippen LogP contribution in [0.2, 0.25) is 0 Å². The van der Waals surface area contributed by atoms with Gasteiger partial charge < -0.3 is 9.57 Å². The van der Waals surface area contributed by atoms with Crippen LogP contribution in [0.15, 0.2) is 59.8 Å². The SMILES string of the molecule is C(/CC1COc2ccccc21)=N\OCc1ccccc1. The molecule has 3 nitrogen and oxygen atoms in total. The Morgan fingerprint density at radius 2 is 1.90 bits per heavy atom. The van der Waals surface area contributed by atoms with Crippen molar-refractivity contribution in [1.29, 1.82) is 0 Å². The summed E-state index contributed by atoms with van der Waals surface area (Å²) in [5.74, 6) is 1.38. The Labute approximate surface area is 118 Å². The number of fused-ring (bicyclic) bond motifs is 1. The minimum atomic E-state index is 0.385. The van der Waals surface area contributed by atoms with Crippen molar-refractivity contribution in [2.24, 2.45) is 5.16 Å². The van der Waals surface area contributed by atoms with Crippen LogP contribution in [0.5, 0.6) is 5.75 Å². The second-order valence-electron chi connectivity index (χ2n) is 4.83. The quantitative estimate of drug-likeness (QED) is 0.610. The average Bonchev–Trinajstić information content (AvgIpc) is 2.91. The van der Waals surface area contributed by atoms with Gasteiger partial charge in [-0.15, -0.1) is 0 Å². The van der Waals surface area contributed by atoms with Gasteiger partial charge >= 0.3 is 0 Å². The van der Waals surface area contributed by atoms with E-state index in [1.54, 1.807) is 0 Å². The zero-order valence-electron chi connectivity index (χ0n) is 11.2. The molecular formula is C17H17NO2. The fourth-order valence-corrected chi connectivity index (χ4v) is 2.33. The Morgan fingerprint density at radius 1 is 1.10 bits per heavy atom. The van der Waals surface area contributed by atoms with Crippen LogP contribution >= 0.6 is 0 Å². The third-order valence-electron chi connectivity index (χ3n) is 3.41. The molecule has 0 aromatic heterocycles. The number of hydrogen-bond acceptors (Lipinski definition) is 3. The number of oxime groups is 1. The molecule has 102 valence electrons. The molecule has 0 saturated heterocycles. The summed E-state index contributed by atoms with van der Waals surface area (Å²) >= 11 is 0. The van der Waals surface area contributed by atoms with E-state index in [1.165, 1.54) is 5.56 Å². The highest BCUT2D eigenvalue weighted by Crippen LogP contribution is 2.34. The number of hydrogen-bond donors (Lipinski definition) is 0. The van der Waals surface area contributed by atoms with Crippen molar-refractivity contribution in [2.45, 2.75) is 18.9 Å². The molecule has 0 aliphatic carbocycles. The smallest absolute Gasteiger partial charge is 0.142 e. The summed E-state index contributed by atoms with van der Waals surface area (Å²) in [4.78, 5) is 5.30. The summed E-state index contributed by atoms with van der Waals surface area (Å²) in [6.45, 7) is 1.24. The summed E-state index contributed by atoms with van der Waals surface area (Å²) < 4.78 is 5.63. The molecule has 0 N–H and O–H groups in total. The second-order valence-corrected chi connectivity index (χ2v) is 4.83. The normalized spacial score (nSPS) is 16.9. The van der Waals surface area contributed by atoms with Crippen molar-refractivity contribution in [3.05, 3.63) is 65.7 Å². The average molecular weight is 267 g/mol. The van der Waals surface area contributed by atoms with E-state index in [4.69, 9.17) is 9.57 Å². The predicted molar refractivity (Wildman–Crippen MR) is 79.0 cm³/mol. The fourth-order valence-electron chi connectivity index (χ4n) is 2.33. The maximum absolute atomic E-state index is 5.63. The van der Waals surface area contributed by atoms with Crippen LogP contribution in [-0.2, 0) is 11.4 Å². The molecule has 2 aromatic carbocycles. The van der Waals surface area contributed by atoms with E-state index in [0.29, 0.717) is 12.5 Å². The number of rotatable bonds is 5. The molecule has 1 unspecified atom stereocenters. The lowest BCUT2D eigenvalue weighted by atomic mass is 9.99. The maximum atomic E-state index is 5.63. The topological polar surface area (TPSA) is 30.8 Å². The van der Waals surface area contributed by atoms with Crippen molar-refractivity contribution in [3.8, 4) is 5.75 Å². The van der Waals surface area contributed by atoms with Crippen molar-refractivity contribution >= 4 is 6.21 Å². The Balaban J connectivity index is 1.47. The van der Waals surface area contributed by atoms with Gasteiger partial charge in [0.2, 0.25) is 0 Å². The van der Waals surface area contributed by atoms with Gasteiger partial charge in [0.25, 0.3) is 0 Å². The number of ether oxygens (including phenoxy) is 1. The molecule has 0 saturated carbocycles. The van der Waals surface area contributed by atoms with Gasteiger partial charge in [-0.1, -0.05) is 53.7 Å². The van der Waals surface area contributed by atoms with E-state index >= 15 is 0 Å². The molecule has 0 bridgehead atoms. The van der Waals surface area contributed by atoms with Gasteiger partial charge in [0.1, 0.15) is 12.4 Å². The summed E-state index contributed by atoms with van der Waals surface area (Å²) in [6.07, 6.45) is 2.67. The van der Waals surface area contributed by atoms with E-state index in [1.807, 2.05) is 54.7 Å². The minimum Gasteiger partial charge on any atom is -0.493 e. The Morgan fingerprint density at radius 3 is 2.80 bits per heavy atom. The van der Waals surface area contributed by atoms with Crippen LogP contribution in [0, 0.1) is 0 Å². The van der Waals surface area contributed by atoms with Gasteiger partial charge in [0, 0.05) is 17.7 Å². The Kier molecular flexibility index (Phi) is 3.97. The summed E-state index contributed by atoms with van der Waals surface area (Å²) in [5.41, 5.74) is 2.39. The summed E-state index contributed by atoms with van der Waals surface area (Å²) in [7, 11) is 0. The third-order valence-corrected chi connectivity index (χ3v) is 3.41. The molecule has 0 radical (unpaired) electrons. The summed E-state index contributed by atoms with van der Waals surface area (Å²) in [5, 5.41) is 4.02. The minimum absolute atomic E-state index is 0.385. The lowest BCUT2D eigenvalue weighted by molar-refractivity contribution is 0.131. The molecule has 0 amide bonds. The highest BCUT2D eigenvalue weighted by atomic mass is 16.6. The van der Waals surface area contributed by atoms with Gasteiger partial charge in [-0.2, -0.15) is 0 Å². The number of benzene rings is 2. The van der Waals surface area contributed by atoms with Crippen LogP contribution in [0.4, 0.5) is 0 Å². The first-order chi connectivity index (χ1) is 9.93. The molecule has 0 spiro atoms. The number of nitrogens with zero attached hydrogens (tertiary/aromatic N) is 1. The van der Waals surface area contributed by atoms with Gasteiger partial charge in [0.15, 0.2) is 0 Å². The van der Waals surface area contributed by atoms with Crippen molar-refractivity contribution in [1.82, 2.24) is 0 Å². The molecule has 3 rings (SSSR count). The van der Waals surface area contributed by atoms with Crippen LogP contribution in [0.25, 0.3) is 0 Å². The molecule has 0 fully saturated rings. The van der Waals surface area contributed by atoms with E-state index in [-0.39, 0.29) is 0 Å². The molecular weight excluding hydrogens is 250 g/mol. The van der Waals surface area contributed by atoms with E-state index in [2.05, 4.69) is 11.2 Å². The van der Waals surface area contributed by atoms with Crippen molar-refractivity contribution in [3.63, 3.8) is 0 Å². The highest BCUT2D eigenvalue weighted by Gasteiger charge is 2.22. The molecule has 20 heavy (non-hydrogen) atoms. The first kappa shape index (κ1) is 12.7. The van der Waals surface area contributed by atoms with Crippen LogP contribution < -0.4 is 4.74 Å². The summed E-state index contributed by atoms with van der Waals surface area (Å²) in [6, 6.07) is 18.2. The molecule has 1 aliphatic rings. The standard InChI is InChI=1S/C17H17NO2/c1-2-6-14(7-3-1)12-20-18-11-10-15-13-19-17-9-5-4-8-16(15)17/h1-9,11,15H,10,12-13H2/b18-11+. The lowest BCUT2D eigenvalue weighted by Crippen LogP contribution is -2.01. The third kappa shape index (κ3) is 2.99. The largest absolute Gasteiger partial charge is 0.493 e. The first-order valence-corrected chi connectivity index (χ1v) is 6.83. The van der Waals surface area contributed by atoms with E-state index in [0.717, 1.165) is 24.3 Å². The molecule has 1 atom stereocenters. The highest BCUT2D eigenvalue weighted by molar-refractivity contribution is 5.59. The Bertz CT molecular complexity index is 581. The number of para-hydroxylation sites is 1. The van der Waals surface area contributed by atoms with Crippen LogP contribution in [0.3, 0.4) is 0 Å². The first-order valence-electron chi connectivity index (χ1n) is 6.83. The van der Waals surface area contributed by atoms with Gasteiger partial charge in [-0.25, -0.2) is 0 Å². The molecule has 2 aromatic rings. The molecule has 1 aliphatic heterocycles. The predicted octanol–water partition coefficient (Wildman–Crippen LogP) is 3.76. The van der Waals surface area contributed by atoms with E-state index in [9.17, 15) is 0 Å². The van der Waals surface area contributed by atoms with Gasteiger partial charge in [0.05, 0.1) is 6.61 Å². The van der Waals surface area contributed by atoms with Crippen molar-refractivity contribution in [2.75, 3.05) is 6.61 Å². The van der Waals surface area contributed by atoms with Crippen LogP contribution in [0.1, 0.15) is 23.5 Å². The van der Waals surface area contributed by atoms with Gasteiger partial charge in [-0.3, -0.25) is 0 Å². The van der Waals surface area contributed by atoms with Crippen molar-refractivity contribution < 1.29 is 9.57 Å². The molecule has 1 heterocycles. The zero-order valence-corrected chi connectivity index (χ0v) is 11.2. The fraction of sp³-hybridized carbons (Fsp3) is 0.235. The lowest BCUT2D eigenvalue weighted by Gasteiger charge is -2.04. The zero-order chi connectivity index (χ0) is 13.6. The molecule has 3 heteroatoms. The van der Waals surface area contributed by atoms with E-state index < -0.39 is 0 Å². The second kappa shape index (κ2) is 6.24. The van der Waals surface area contributed by atoms with Gasteiger partial charge in [-0.05, 0) is 18.1 Å². The monoisotopic (exact) mass is 267 g/mol. The van der Waals surface area contributed by atoms with Crippen LogP contribution in [-0.4, -0.2) is 12.8 Å². The maximum Gasteiger partial charge on any atom is 0.142 e. The Hall–Kier alpha value is -2.29.